The molecule has 0 aliphatic carbocycles. The van der Waals surface area contributed by atoms with Crippen LogP contribution < -0.4 is 0 Å². The van der Waals surface area contributed by atoms with Crippen molar-refractivity contribution in [3.8, 4) is 0 Å². The van der Waals surface area contributed by atoms with E-state index < -0.39 is 23.5 Å². The summed E-state index contributed by atoms with van der Waals surface area (Å²) >= 11 is 0. The fourth-order valence-electron chi connectivity index (χ4n) is 0.714. The third kappa shape index (κ3) is 5.40. The summed E-state index contributed by atoms with van der Waals surface area (Å²) in [5.41, 5.74) is -0.605. The molecule has 0 aromatic heterocycles. The van der Waals surface area contributed by atoms with E-state index in [4.69, 9.17) is 9.47 Å². The topological polar surface area (TPSA) is 52.6 Å². The Bertz CT molecular complexity index is 237. The standard InChI is InChI=1S/C11H20O4/c1-7(2)14-9(12)8(3)15-10(13)11(4,5)6/h7-8H,1-6H3. The summed E-state index contributed by atoms with van der Waals surface area (Å²) in [6.45, 7) is 10.2. The van der Waals surface area contributed by atoms with Crippen molar-refractivity contribution in [1.82, 2.24) is 0 Å². The number of ether oxygens (including phenoxy) is 2. The maximum Gasteiger partial charge on any atom is 0.347 e. The molecule has 0 fully saturated rings. The van der Waals surface area contributed by atoms with Gasteiger partial charge >= 0.3 is 11.9 Å². The van der Waals surface area contributed by atoms with Crippen LogP contribution in [0.5, 0.6) is 0 Å². The minimum atomic E-state index is -0.848. The fraction of sp³-hybridized carbons (Fsp3) is 0.818. The molecular weight excluding hydrogens is 196 g/mol. The summed E-state index contributed by atoms with van der Waals surface area (Å²) in [6, 6.07) is 0. The molecule has 0 heterocycles. The van der Waals surface area contributed by atoms with Gasteiger partial charge in [0.2, 0.25) is 0 Å². The van der Waals surface area contributed by atoms with Crippen molar-refractivity contribution in [1.29, 1.82) is 0 Å². The monoisotopic (exact) mass is 216 g/mol. The number of hydrogen-bond donors (Lipinski definition) is 0. The predicted molar refractivity (Wildman–Crippen MR) is 56.2 cm³/mol. The molecule has 0 radical (unpaired) electrons. The van der Waals surface area contributed by atoms with E-state index in [-0.39, 0.29) is 6.10 Å². The van der Waals surface area contributed by atoms with Gasteiger partial charge in [0.25, 0.3) is 0 Å². The minimum absolute atomic E-state index is 0.201. The highest BCUT2D eigenvalue weighted by molar-refractivity contribution is 5.81. The Morgan fingerprint density at radius 3 is 1.80 bits per heavy atom. The molecule has 0 aromatic rings. The lowest BCUT2D eigenvalue weighted by Crippen LogP contribution is -2.33. The first-order valence-corrected chi connectivity index (χ1v) is 5.06. The lowest BCUT2D eigenvalue weighted by Gasteiger charge is -2.20. The molecule has 1 atom stereocenters. The summed E-state index contributed by atoms with van der Waals surface area (Å²) in [4.78, 5) is 22.8. The molecule has 15 heavy (non-hydrogen) atoms. The van der Waals surface area contributed by atoms with Crippen molar-refractivity contribution in [2.24, 2.45) is 5.41 Å². The van der Waals surface area contributed by atoms with E-state index in [1.54, 1.807) is 34.6 Å². The largest absolute Gasteiger partial charge is 0.460 e. The van der Waals surface area contributed by atoms with E-state index in [2.05, 4.69) is 0 Å². The van der Waals surface area contributed by atoms with Gasteiger partial charge in [0.15, 0.2) is 6.10 Å². The summed E-state index contributed by atoms with van der Waals surface area (Å²) in [6.07, 6.45) is -1.05. The number of esters is 2. The third-order valence-corrected chi connectivity index (χ3v) is 1.58. The van der Waals surface area contributed by atoms with Crippen LogP contribution in [0.15, 0.2) is 0 Å². The second-order valence-corrected chi connectivity index (χ2v) is 4.78. The SMILES string of the molecule is CC(C)OC(=O)C(C)OC(=O)C(C)(C)C. The van der Waals surface area contributed by atoms with Gasteiger partial charge in [-0.05, 0) is 41.5 Å². The van der Waals surface area contributed by atoms with Gasteiger partial charge in [0, 0.05) is 0 Å². The highest BCUT2D eigenvalue weighted by Crippen LogP contribution is 2.16. The summed E-state index contributed by atoms with van der Waals surface area (Å²) in [7, 11) is 0. The van der Waals surface area contributed by atoms with Crippen molar-refractivity contribution >= 4 is 11.9 Å². The van der Waals surface area contributed by atoms with Gasteiger partial charge in [0.1, 0.15) is 0 Å². The lowest BCUT2D eigenvalue weighted by molar-refractivity contribution is -0.173. The normalized spacial score (nSPS) is 13.5. The third-order valence-electron chi connectivity index (χ3n) is 1.58. The first-order chi connectivity index (χ1) is 6.64. The van der Waals surface area contributed by atoms with Crippen LogP contribution in [0.25, 0.3) is 0 Å². The molecule has 0 saturated carbocycles. The van der Waals surface area contributed by atoms with E-state index in [9.17, 15) is 9.59 Å². The second kappa shape index (κ2) is 5.14. The highest BCUT2D eigenvalue weighted by Gasteiger charge is 2.28. The lowest BCUT2D eigenvalue weighted by atomic mass is 9.97. The van der Waals surface area contributed by atoms with Crippen LogP contribution in [-0.2, 0) is 19.1 Å². The Hall–Kier alpha value is -1.06. The van der Waals surface area contributed by atoms with Gasteiger partial charge in [-0.1, -0.05) is 0 Å². The van der Waals surface area contributed by atoms with Crippen molar-refractivity contribution < 1.29 is 19.1 Å². The molecule has 0 aromatic carbocycles. The van der Waals surface area contributed by atoms with Crippen molar-refractivity contribution in [2.75, 3.05) is 0 Å². The molecule has 0 aliphatic heterocycles. The number of carbonyl (C=O) groups excluding carboxylic acids is 2. The van der Waals surface area contributed by atoms with Crippen LogP contribution in [0.3, 0.4) is 0 Å². The summed E-state index contributed by atoms with van der Waals surface area (Å²) < 4.78 is 9.87. The quantitative estimate of drug-likeness (QED) is 0.676. The van der Waals surface area contributed by atoms with Crippen LogP contribution in [0, 0.1) is 5.41 Å². The highest BCUT2D eigenvalue weighted by atomic mass is 16.6. The van der Waals surface area contributed by atoms with E-state index in [1.807, 2.05) is 0 Å². The van der Waals surface area contributed by atoms with Crippen LogP contribution in [0.2, 0.25) is 0 Å². The molecule has 1 unspecified atom stereocenters. The molecule has 4 nitrogen and oxygen atoms in total. The van der Waals surface area contributed by atoms with Gasteiger partial charge in [0.05, 0.1) is 11.5 Å². The number of carbonyl (C=O) groups is 2. The van der Waals surface area contributed by atoms with Gasteiger partial charge < -0.3 is 9.47 Å². The molecule has 0 bridgehead atoms. The van der Waals surface area contributed by atoms with E-state index in [0.29, 0.717) is 0 Å². The van der Waals surface area contributed by atoms with Crippen LogP contribution in [0.4, 0.5) is 0 Å². The molecule has 4 heteroatoms. The maximum atomic E-state index is 11.4. The molecule has 0 aliphatic rings. The first-order valence-electron chi connectivity index (χ1n) is 5.06. The Kier molecular flexibility index (Phi) is 4.78. The van der Waals surface area contributed by atoms with Crippen LogP contribution in [-0.4, -0.2) is 24.1 Å². The van der Waals surface area contributed by atoms with Crippen LogP contribution >= 0.6 is 0 Å². The van der Waals surface area contributed by atoms with Crippen LogP contribution in [0.1, 0.15) is 41.5 Å². The van der Waals surface area contributed by atoms with E-state index >= 15 is 0 Å². The summed E-state index contributed by atoms with van der Waals surface area (Å²) in [5, 5.41) is 0. The molecule has 0 amide bonds. The average Bonchev–Trinajstić information content (AvgIpc) is 2.00. The fourth-order valence-corrected chi connectivity index (χ4v) is 0.714. The van der Waals surface area contributed by atoms with Crippen molar-refractivity contribution in [3.63, 3.8) is 0 Å². The smallest absolute Gasteiger partial charge is 0.347 e. The maximum absolute atomic E-state index is 11.4. The molecule has 88 valence electrons. The number of hydrogen-bond acceptors (Lipinski definition) is 4. The summed E-state index contributed by atoms with van der Waals surface area (Å²) in [5.74, 6) is -0.918. The van der Waals surface area contributed by atoms with Gasteiger partial charge in [-0.3, -0.25) is 4.79 Å². The Balaban J connectivity index is 4.20. The minimum Gasteiger partial charge on any atom is -0.460 e. The molecular formula is C11H20O4. The molecule has 0 rings (SSSR count). The van der Waals surface area contributed by atoms with Crippen molar-refractivity contribution in [2.45, 2.75) is 53.8 Å². The zero-order valence-corrected chi connectivity index (χ0v) is 10.3. The second-order valence-electron chi connectivity index (χ2n) is 4.78. The Morgan fingerprint density at radius 1 is 1.00 bits per heavy atom. The Labute approximate surface area is 90.9 Å². The van der Waals surface area contributed by atoms with E-state index in [1.165, 1.54) is 6.92 Å². The molecule has 0 spiro atoms. The Morgan fingerprint density at radius 2 is 1.47 bits per heavy atom. The molecule has 0 N–H and O–H groups in total. The number of rotatable bonds is 3. The van der Waals surface area contributed by atoms with Gasteiger partial charge in [-0.2, -0.15) is 0 Å². The molecule has 0 saturated heterocycles. The zero-order valence-electron chi connectivity index (χ0n) is 10.3. The average molecular weight is 216 g/mol. The van der Waals surface area contributed by atoms with Crippen molar-refractivity contribution in [3.05, 3.63) is 0 Å². The zero-order chi connectivity index (χ0) is 12.2. The van der Waals surface area contributed by atoms with Gasteiger partial charge in [-0.15, -0.1) is 0 Å². The first kappa shape index (κ1) is 13.9. The predicted octanol–water partition coefficient (Wildman–Crippen LogP) is 1.92. The van der Waals surface area contributed by atoms with Gasteiger partial charge in [-0.25, -0.2) is 4.79 Å². The van der Waals surface area contributed by atoms with E-state index in [0.717, 1.165) is 0 Å².